The fourth-order valence-corrected chi connectivity index (χ4v) is 2.36. The van der Waals surface area contributed by atoms with Crippen molar-refractivity contribution in [2.24, 2.45) is 0 Å². The van der Waals surface area contributed by atoms with Gasteiger partial charge in [0.2, 0.25) is 0 Å². The smallest absolute Gasteiger partial charge is 0.326 e. The van der Waals surface area contributed by atoms with Crippen LogP contribution in [0.25, 0.3) is 0 Å². The molecule has 0 radical (unpaired) electrons. The van der Waals surface area contributed by atoms with E-state index in [2.05, 4.69) is 10.2 Å². The van der Waals surface area contributed by atoms with Crippen molar-refractivity contribution in [2.45, 2.75) is 51.5 Å². The number of ether oxygens (including phenoxy) is 1. The maximum atomic E-state index is 11.9. The first-order chi connectivity index (χ1) is 8.62. The van der Waals surface area contributed by atoms with Gasteiger partial charge in [-0.15, -0.1) is 0 Å². The second kappa shape index (κ2) is 7.74. The first kappa shape index (κ1) is 15.4. The van der Waals surface area contributed by atoms with Crippen LogP contribution >= 0.6 is 0 Å². The number of likely N-dealkylation sites (N-methyl/N-ethyl adjacent to an activating group) is 1. The summed E-state index contributed by atoms with van der Waals surface area (Å²) < 4.78 is 5.14. The third kappa shape index (κ3) is 4.58. The van der Waals surface area contributed by atoms with Crippen LogP contribution in [-0.2, 0) is 9.53 Å². The lowest BCUT2D eigenvalue weighted by molar-refractivity contribution is -0.150. The van der Waals surface area contributed by atoms with E-state index in [-0.39, 0.29) is 5.97 Å². The van der Waals surface area contributed by atoms with Gasteiger partial charge in [0.05, 0.1) is 6.61 Å². The second-order valence-electron chi connectivity index (χ2n) is 5.31. The van der Waals surface area contributed by atoms with Gasteiger partial charge in [-0.2, -0.15) is 0 Å². The Morgan fingerprint density at radius 3 is 2.39 bits per heavy atom. The number of nitrogens with one attached hydrogen (secondary N) is 1. The molecule has 0 aromatic carbocycles. The maximum Gasteiger partial charge on any atom is 0.326 e. The molecule has 0 saturated carbocycles. The summed E-state index contributed by atoms with van der Waals surface area (Å²) in [5.41, 5.74) is -0.553. The van der Waals surface area contributed by atoms with Gasteiger partial charge in [0.1, 0.15) is 5.54 Å². The summed E-state index contributed by atoms with van der Waals surface area (Å²) in [6.45, 7) is 7.53. The molecule has 4 heteroatoms. The fourth-order valence-electron chi connectivity index (χ4n) is 2.36. The zero-order valence-electron chi connectivity index (χ0n) is 12.1. The van der Waals surface area contributed by atoms with Crippen LogP contribution in [0.4, 0.5) is 0 Å². The number of carbonyl (C=O) groups excluding carboxylic acids is 1. The van der Waals surface area contributed by atoms with Gasteiger partial charge >= 0.3 is 5.97 Å². The molecule has 1 aliphatic rings. The highest BCUT2D eigenvalue weighted by Crippen LogP contribution is 2.15. The minimum atomic E-state index is -0.553. The van der Waals surface area contributed by atoms with Gasteiger partial charge in [0.15, 0.2) is 0 Å². The number of rotatable bonds is 6. The van der Waals surface area contributed by atoms with E-state index in [1.54, 1.807) is 0 Å². The summed E-state index contributed by atoms with van der Waals surface area (Å²) in [4.78, 5) is 14.4. The number of likely N-dealkylation sites (tertiary alicyclic amines) is 1. The highest BCUT2D eigenvalue weighted by molar-refractivity contribution is 5.80. The molecule has 1 rings (SSSR count). The van der Waals surface area contributed by atoms with Gasteiger partial charge in [-0.05, 0) is 53.2 Å². The van der Waals surface area contributed by atoms with E-state index in [1.165, 1.54) is 38.8 Å². The molecule has 1 saturated heterocycles. The first-order valence-corrected chi connectivity index (χ1v) is 7.21. The van der Waals surface area contributed by atoms with Crippen LogP contribution in [0.5, 0.6) is 0 Å². The molecular weight excluding hydrogens is 228 g/mol. The molecule has 1 fully saturated rings. The van der Waals surface area contributed by atoms with Crippen molar-refractivity contribution < 1.29 is 9.53 Å². The molecule has 1 unspecified atom stereocenters. The number of hydrogen-bond acceptors (Lipinski definition) is 4. The van der Waals surface area contributed by atoms with Crippen LogP contribution < -0.4 is 5.32 Å². The molecule has 1 aliphatic heterocycles. The Kier molecular flexibility index (Phi) is 6.65. The second-order valence-corrected chi connectivity index (χ2v) is 5.31. The Hall–Kier alpha value is -0.610. The summed E-state index contributed by atoms with van der Waals surface area (Å²) in [6, 6.07) is 0. The number of nitrogens with zero attached hydrogens (tertiary/aromatic N) is 1. The van der Waals surface area contributed by atoms with Gasteiger partial charge in [0.25, 0.3) is 0 Å². The summed E-state index contributed by atoms with van der Waals surface area (Å²) in [6.07, 6.45) is 6.07. The van der Waals surface area contributed by atoms with Crippen molar-refractivity contribution in [2.75, 3.05) is 33.3 Å². The molecule has 0 aromatic rings. The van der Waals surface area contributed by atoms with E-state index in [9.17, 15) is 4.79 Å². The van der Waals surface area contributed by atoms with Gasteiger partial charge < -0.3 is 15.0 Å². The van der Waals surface area contributed by atoms with Crippen molar-refractivity contribution in [3.8, 4) is 0 Å². The lowest BCUT2D eigenvalue weighted by atomic mass is 9.98. The molecule has 1 atom stereocenters. The van der Waals surface area contributed by atoms with Crippen molar-refractivity contribution in [3.05, 3.63) is 0 Å². The molecule has 4 nitrogen and oxygen atoms in total. The van der Waals surface area contributed by atoms with E-state index >= 15 is 0 Å². The average molecular weight is 256 g/mol. The van der Waals surface area contributed by atoms with Crippen molar-refractivity contribution in [1.82, 2.24) is 10.2 Å². The number of hydrogen-bond donors (Lipinski definition) is 1. The molecule has 1 heterocycles. The highest BCUT2D eigenvalue weighted by Gasteiger charge is 2.33. The first-order valence-electron chi connectivity index (χ1n) is 7.21. The lowest BCUT2D eigenvalue weighted by Gasteiger charge is -2.30. The molecule has 0 bridgehead atoms. The number of carbonyl (C=O) groups is 1. The standard InChI is InChI=1S/C14H28N2O2/c1-4-18-13(17)14(2,15-3)9-12-16-10-7-5-6-8-11-16/h15H,4-12H2,1-3H3. The van der Waals surface area contributed by atoms with Crippen LogP contribution in [0.1, 0.15) is 46.0 Å². The van der Waals surface area contributed by atoms with E-state index in [0.29, 0.717) is 6.61 Å². The number of esters is 1. The van der Waals surface area contributed by atoms with Crippen molar-refractivity contribution >= 4 is 5.97 Å². The van der Waals surface area contributed by atoms with Crippen LogP contribution in [0, 0.1) is 0 Å². The summed E-state index contributed by atoms with van der Waals surface area (Å²) in [5, 5.41) is 3.12. The summed E-state index contributed by atoms with van der Waals surface area (Å²) in [5.74, 6) is -0.137. The van der Waals surface area contributed by atoms with Gasteiger partial charge in [0, 0.05) is 6.54 Å². The van der Waals surface area contributed by atoms with E-state index in [0.717, 1.165) is 13.0 Å². The zero-order chi connectivity index (χ0) is 13.4. The van der Waals surface area contributed by atoms with Crippen molar-refractivity contribution in [1.29, 1.82) is 0 Å². The SMILES string of the molecule is CCOC(=O)C(C)(CCN1CCCCCC1)NC. The fraction of sp³-hybridized carbons (Fsp3) is 0.929. The minimum absolute atomic E-state index is 0.137. The molecular formula is C14H28N2O2. The van der Waals surface area contributed by atoms with Gasteiger partial charge in [-0.3, -0.25) is 4.79 Å². The van der Waals surface area contributed by atoms with E-state index < -0.39 is 5.54 Å². The molecule has 1 N–H and O–H groups in total. The van der Waals surface area contributed by atoms with Crippen LogP contribution in [-0.4, -0.2) is 49.7 Å². The monoisotopic (exact) mass is 256 g/mol. The summed E-state index contributed by atoms with van der Waals surface area (Å²) in [7, 11) is 1.83. The Bertz CT molecular complexity index is 250. The minimum Gasteiger partial charge on any atom is -0.465 e. The third-order valence-electron chi connectivity index (χ3n) is 3.90. The van der Waals surface area contributed by atoms with Crippen LogP contribution in [0.15, 0.2) is 0 Å². The highest BCUT2D eigenvalue weighted by atomic mass is 16.5. The van der Waals surface area contributed by atoms with E-state index in [4.69, 9.17) is 4.74 Å². The largest absolute Gasteiger partial charge is 0.465 e. The van der Waals surface area contributed by atoms with Crippen LogP contribution in [0.2, 0.25) is 0 Å². The summed E-state index contributed by atoms with van der Waals surface area (Å²) >= 11 is 0. The predicted octanol–water partition coefficient (Wildman–Crippen LogP) is 1.79. The zero-order valence-corrected chi connectivity index (χ0v) is 12.1. The Labute approximate surface area is 111 Å². The molecule has 0 amide bonds. The molecule has 0 aliphatic carbocycles. The topological polar surface area (TPSA) is 41.6 Å². The Morgan fingerprint density at radius 1 is 1.28 bits per heavy atom. The van der Waals surface area contributed by atoms with Gasteiger partial charge in [-0.1, -0.05) is 12.8 Å². The molecule has 18 heavy (non-hydrogen) atoms. The lowest BCUT2D eigenvalue weighted by Crippen LogP contribution is -2.50. The molecule has 106 valence electrons. The normalized spacial score (nSPS) is 21.1. The van der Waals surface area contributed by atoms with Gasteiger partial charge in [-0.25, -0.2) is 0 Å². The Balaban J connectivity index is 2.44. The Morgan fingerprint density at radius 2 is 1.89 bits per heavy atom. The quantitative estimate of drug-likeness (QED) is 0.736. The predicted molar refractivity (Wildman–Crippen MR) is 73.6 cm³/mol. The molecule has 0 aromatic heterocycles. The molecule has 0 spiro atoms. The average Bonchev–Trinajstić information content (AvgIpc) is 2.64. The van der Waals surface area contributed by atoms with E-state index in [1.807, 2.05) is 20.9 Å². The van der Waals surface area contributed by atoms with Crippen molar-refractivity contribution in [3.63, 3.8) is 0 Å². The third-order valence-corrected chi connectivity index (χ3v) is 3.90. The van der Waals surface area contributed by atoms with Crippen LogP contribution in [0.3, 0.4) is 0 Å². The maximum absolute atomic E-state index is 11.9.